The second-order valence-corrected chi connectivity index (χ2v) is 6.19. The van der Waals surface area contributed by atoms with E-state index in [4.69, 9.17) is 0 Å². The summed E-state index contributed by atoms with van der Waals surface area (Å²) < 4.78 is 0. The highest BCUT2D eigenvalue weighted by atomic mass is 32.2. The second-order valence-electron chi connectivity index (χ2n) is 4.98. The number of aryl methyl sites for hydroxylation is 1. The number of rotatable bonds is 5. The molecule has 0 radical (unpaired) electrons. The molecule has 0 aliphatic heterocycles. The van der Waals surface area contributed by atoms with Gasteiger partial charge in [0.1, 0.15) is 0 Å². The number of hydrogen-bond donors (Lipinski definition) is 1. The van der Waals surface area contributed by atoms with Crippen LogP contribution in [0.1, 0.15) is 44.7 Å². The normalized spacial score (nSPS) is 24.1. The zero-order chi connectivity index (χ0) is 12.8. The molecule has 0 amide bonds. The van der Waals surface area contributed by atoms with Gasteiger partial charge in [-0.1, -0.05) is 31.5 Å². The summed E-state index contributed by atoms with van der Waals surface area (Å²) in [6.45, 7) is 5.37. The van der Waals surface area contributed by atoms with Crippen molar-refractivity contribution < 1.29 is 0 Å². The molecule has 0 bridgehead atoms. The summed E-state index contributed by atoms with van der Waals surface area (Å²) in [5.41, 5.74) is 1.06. The molecule has 0 aromatic carbocycles. The first-order valence-electron chi connectivity index (χ1n) is 6.99. The van der Waals surface area contributed by atoms with Gasteiger partial charge in [0.2, 0.25) is 0 Å². The van der Waals surface area contributed by atoms with Crippen molar-refractivity contribution in [1.82, 2.24) is 15.3 Å². The standard InChI is InChI=1S/C14H23N3S/c1-3-9-15-12-6-4-5-7-13(12)18-14-16-10-8-11(2)17-14/h8,10,12-13,15H,3-7,9H2,1-2H3. The predicted octanol–water partition coefficient (Wildman–Crippen LogP) is 3.19. The lowest BCUT2D eigenvalue weighted by atomic mass is 9.95. The van der Waals surface area contributed by atoms with Crippen LogP contribution in [0, 0.1) is 6.92 Å². The molecule has 2 rings (SSSR count). The number of aromatic nitrogens is 2. The molecule has 0 saturated heterocycles. The zero-order valence-electron chi connectivity index (χ0n) is 11.4. The molecule has 0 spiro atoms. The van der Waals surface area contributed by atoms with E-state index in [2.05, 4.69) is 22.2 Å². The second kappa shape index (κ2) is 7.10. The Kier molecular flexibility index (Phi) is 5.45. The smallest absolute Gasteiger partial charge is 0.188 e. The van der Waals surface area contributed by atoms with Gasteiger partial charge >= 0.3 is 0 Å². The fourth-order valence-corrected chi connectivity index (χ4v) is 3.69. The monoisotopic (exact) mass is 265 g/mol. The molecule has 1 aromatic rings. The zero-order valence-corrected chi connectivity index (χ0v) is 12.2. The van der Waals surface area contributed by atoms with Crippen molar-refractivity contribution in [2.45, 2.75) is 62.4 Å². The molecular weight excluding hydrogens is 242 g/mol. The minimum Gasteiger partial charge on any atom is -0.313 e. The van der Waals surface area contributed by atoms with Crippen LogP contribution in [0.2, 0.25) is 0 Å². The minimum absolute atomic E-state index is 0.632. The van der Waals surface area contributed by atoms with E-state index in [0.717, 1.165) is 17.4 Å². The average Bonchev–Trinajstić information content (AvgIpc) is 2.38. The van der Waals surface area contributed by atoms with Crippen LogP contribution in [0.5, 0.6) is 0 Å². The van der Waals surface area contributed by atoms with Crippen molar-refractivity contribution in [3.63, 3.8) is 0 Å². The quantitative estimate of drug-likeness (QED) is 0.830. The van der Waals surface area contributed by atoms with Crippen molar-refractivity contribution in [3.8, 4) is 0 Å². The van der Waals surface area contributed by atoms with Crippen LogP contribution in [0.4, 0.5) is 0 Å². The van der Waals surface area contributed by atoms with Crippen LogP contribution < -0.4 is 5.32 Å². The summed E-state index contributed by atoms with van der Waals surface area (Å²) in [5, 5.41) is 5.25. The number of thioether (sulfide) groups is 1. The molecule has 18 heavy (non-hydrogen) atoms. The van der Waals surface area contributed by atoms with E-state index in [1.54, 1.807) is 0 Å². The van der Waals surface area contributed by atoms with Gasteiger partial charge in [-0.25, -0.2) is 9.97 Å². The van der Waals surface area contributed by atoms with Crippen molar-refractivity contribution in [1.29, 1.82) is 0 Å². The molecule has 1 heterocycles. The van der Waals surface area contributed by atoms with E-state index < -0.39 is 0 Å². The highest BCUT2D eigenvalue weighted by Gasteiger charge is 2.26. The van der Waals surface area contributed by atoms with Gasteiger partial charge in [0, 0.05) is 23.2 Å². The van der Waals surface area contributed by atoms with E-state index in [1.165, 1.54) is 32.1 Å². The summed E-state index contributed by atoms with van der Waals surface area (Å²) in [7, 11) is 0. The molecule has 100 valence electrons. The number of hydrogen-bond acceptors (Lipinski definition) is 4. The SMILES string of the molecule is CCCNC1CCCCC1Sc1nccc(C)n1. The van der Waals surface area contributed by atoms with Gasteiger partial charge in [0.15, 0.2) is 5.16 Å². The van der Waals surface area contributed by atoms with Gasteiger partial charge < -0.3 is 5.32 Å². The third-order valence-electron chi connectivity index (χ3n) is 3.39. The Balaban J connectivity index is 1.96. The lowest BCUT2D eigenvalue weighted by Crippen LogP contribution is -2.40. The summed E-state index contributed by atoms with van der Waals surface area (Å²) in [5.74, 6) is 0. The highest BCUT2D eigenvalue weighted by molar-refractivity contribution is 7.99. The maximum Gasteiger partial charge on any atom is 0.188 e. The van der Waals surface area contributed by atoms with E-state index >= 15 is 0 Å². The Morgan fingerprint density at radius 1 is 1.39 bits per heavy atom. The van der Waals surface area contributed by atoms with Gasteiger partial charge in [0.25, 0.3) is 0 Å². The summed E-state index contributed by atoms with van der Waals surface area (Å²) in [4.78, 5) is 8.88. The van der Waals surface area contributed by atoms with Crippen LogP contribution in [0.25, 0.3) is 0 Å². The first-order chi connectivity index (χ1) is 8.79. The van der Waals surface area contributed by atoms with Crippen LogP contribution in [-0.2, 0) is 0 Å². The highest BCUT2D eigenvalue weighted by Crippen LogP contribution is 2.32. The molecule has 1 aliphatic carbocycles. The third kappa shape index (κ3) is 3.95. The minimum atomic E-state index is 0.632. The van der Waals surface area contributed by atoms with E-state index in [1.807, 2.05) is 30.9 Å². The summed E-state index contributed by atoms with van der Waals surface area (Å²) in [6.07, 6.45) is 8.34. The fourth-order valence-electron chi connectivity index (χ4n) is 2.42. The number of nitrogens with zero attached hydrogens (tertiary/aromatic N) is 2. The first kappa shape index (κ1) is 13.8. The third-order valence-corrected chi connectivity index (χ3v) is 4.66. The molecule has 2 unspecified atom stereocenters. The Hall–Kier alpha value is -0.610. The van der Waals surface area contributed by atoms with Crippen molar-refractivity contribution in [3.05, 3.63) is 18.0 Å². The Labute approximate surface area is 114 Å². The van der Waals surface area contributed by atoms with Crippen LogP contribution in [-0.4, -0.2) is 27.8 Å². The summed E-state index contributed by atoms with van der Waals surface area (Å²) >= 11 is 1.85. The lowest BCUT2D eigenvalue weighted by Gasteiger charge is -2.31. The summed E-state index contributed by atoms with van der Waals surface area (Å²) in [6, 6.07) is 2.59. The molecule has 1 saturated carbocycles. The Morgan fingerprint density at radius 2 is 2.22 bits per heavy atom. The van der Waals surface area contributed by atoms with E-state index in [0.29, 0.717) is 11.3 Å². The Bertz CT molecular complexity index is 370. The molecule has 3 nitrogen and oxygen atoms in total. The Morgan fingerprint density at radius 3 is 3.00 bits per heavy atom. The van der Waals surface area contributed by atoms with Gasteiger partial charge in [-0.15, -0.1) is 0 Å². The first-order valence-corrected chi connectivity index (χ1v) is 7.87. The van der Waals surface area contributed by atoms with Crippen molar-refractivity contribution in [2.75, 3.05) is 6.54 Å². The maximum atomic E-state index is 4.51. The van der Waals surface area contributed by atoms with Gasteiger partial charge in [-0.2, -0.15) is 0 Å². The van der Waals surface area contributed by atoms with Crippen LogP contribution in [0.15, 0.2) is 17.4 Å². The molecule has 1 fully saturated rings. The maximum absolute atomic E-state index is 4.51. The fraction of sp³-hybridized carbons (Fsp3) is 0.714. The lowest BCUT2D eigenvalue weighted by molar-refractivity contribution is 0.384. The number of nitrogens with one attached hydrogen (secondary N) is 1. The van der Waals surface area contributed by atoms with Crippen molar-refractivity contribution in [2.24, 2.45) is 0 Å². The largest absolute Gasteiger partial charge is 0.313 e. The topological polar surface area (TPSA) is 37.8 Å². The molecular formula is C14H23N3S. The molecule has 1 aliphatic rings. The predicted molar refractivity (Wildman–Crippen MR) is 77.0 cm³/mol. The van der Waals surface area contributed by atoms with Gasteiger partial charge in [-0.05, 0) is 38.8 Å². The molecule has 1 N–H and O–H groups in total. The van der Waals surface area contributed by atoms with Crippen LogP contribution in [0.3, 0.4) is 0 Å². The van der Waals surface area contributed by atoms with Gasteiger partial charge in [0.05, 0.1) is 0 Å². The van der Waals surface area contributed by atoms with Crippen LogP contribution >= 0.6 is 11.8 Å². The average molecular weight is 265 g/mol. The van der Waals surface area contributed by atoms with Crippen molar-refractivity contribution >= 4 is 11.8 Å². The van der Waals surface area contributed by atoms with E-state index in [9.17, 15) is 0 Å². The van der Waals surface area contributed by atoms with E-state index in [-0.39, 0.29) is 0 Å². The molecule has 2 atom stereocenters. The van der Waals surface area contributed by atoms with Gasteiger partial charge in [-0.3, -0.25) is 0 Å². The molecule has 1 aromatic heterocycles. The molecule has 4 heteroatoms.